The molecule has 2 aromatic carbocycles. The Kier molecular flexibility index (Phi) is 6.45. The zero-order chi connectivity index (χ0) is 20.0. The van der Waals surface area contributed by atoms with Crippen LogP contribution in [0.25, 0.3) is 0 Å². The van der Waals surface area contributed by atoms with Gasteiger partial charge >= 0.3 is 5.97 Å². The van der Waals surface area contributed by atoms with Crippen LogP contribution in [0.4, 0.5) is 5.69 Å². The highest BCUT2D eigenvalue weighted by atomic mass is 35.5. The van der Waals surface area contributed by atoms with E-state index in [1.54, 1.807) is 0 Å². The number of amides is 2. The summed E-state index contributed by atoms with van der Waals surface area (Å²) in [6.45, 7) is 0.837. The van der Waals surface area contributed by atoms with Crippen LogP contribution >= 0.6 is 11.6 Å². The van der Waals surface area contributed by atoms with Gasteiger partial charge in [0.2, 0.25) is 0 Å². The fraction of sp³-hybridized carbons (Fsp3) is 0.118. The van der Waals surface area contributed by atoms with Crippen molar-refractivity contribution < 1.29 is 24.0 Å². The third kappa shape index (κ3) is 5.51. The average Bonchev–Trinajstić information content (AvgIpc) is 2.64. The molecule has 2 aromatic rings. The minimum absolute atomic E-state index is 0.0658. The number of aryl methyl sites for hydroxylation is 1. The van der Waals surface area contributed by atoms with Gasteiger partial charge in [0, 0.05) is 22.2 Å². The van der Waals surface area contributed by atoms with Crippen LogP contribution in [0, 0.1) is 17.0 Å². The summed E-state index contributed by atoms with van der Waals surface area (Å²) >= 11 is 5.72. The molecule has 0 saturated heterocycles. The fourth-order valence-corrected chi connectivity index (χ4v) is 2.16. The third-order valence-corrected chi connectivity index (χ3v) is 3.64. The lowest BCUT2D eigenvalue weighted by molar-refractivity contribution is -0.385. The number of benzene rings is 2. The number of carbonyl (C=O) groups is 3. The third-order valence-electron chi connectivity index (χ3n) is 3.39. The predicted octanol–water partition coefficient (Wildman–Crippen LogP) is 2.17. The summed E-state index contributed by atoms with van der Waals surface area (Å²) in [5.74, 6) is -2.16. The largest absolute Gasteiger partial charge is 0.452 e. The van der Waals surface area contributed by atoms with Gasteiger partial charge in [-0.2, -0.15) is 0 Å². The van der Waals surface area contributed by atoms with Gasteiger partial charge < -0.3 is 4.74 Å². The molecule has 2 rings (SSSR count). The highest BCUT2D eigenvalue weighted by Crippen LogP contribution is 2.19. The second-order valence-electron chi connectivity index (χ2n) is 5.34. The van der Waals surface area contributed by atoms with Crippen LogP contribution in [0.15, 0.2) is 42.5 Å². The van der Waals surface area contributed by atoms with Crippen LogP contribution < -0.4 is 10.9 Å². The van der Waals surface area contributed by atoms with Crippen molar-refractivity contribution >= 4 is 35.1 Å². The summed E-state index contributed by atoms with van der Waals surface area (Å²) in [5.41, 5.74) is 4.76. The first-order valence-corrected chi connectivity index (χ1v) is 7.92. The zero-order valence-corrected chi connectivity index (χ0v) is 14.8. The van der Waals surface area contributed by atoms with Gasteiger partial charge in [0.15, 0.2) is 6.61 Å². The van der Waals surface area contributed by atoms with Crippen molar-refractivity contribution in [3.8, 4) is 0 Å². The summed E-state index contributed by atoms with van der Waals surface area (Å²) < 4.78 is 4.81. The predicted molar refractivity (Wildman–Crippen MR) is 95.2 cm³/mol. The van der Waals surface area contributed by atoms with E-state index in [0.29, 0.717) is 5.02 Å². The number of esters is 1. The van der Waals surface area contributed by atoms with Crippen molar-refractivity contribution in [2.24, 2.45) is 0 Å². The van der Waals surface area contributed by atoms with Crippen molar-refractivity contribution in [1.82, 2.24) is 10.9 Å². The Bertz CT molecular complexity index is 898. The number of ether oxygens (including phenoxy) is 1. The topological polar surface area (TPSA) is 128 Å². The smallest absolute Gasteiger partial charge is 0.338 e. The van der Waals surface area contributed by atoms with Crippen LogP contribution in [0.2, 0.25) is 5.02 Å². The molecule has 0 spiro atoms. The number of carbonyl (C=O) groups excluding carboxylic acids is 3. The summed E-state index contributed by atoms with van der Waals surface area (Å²) in [6, 6.07) is 9.69. The number of nitrogens with one attached hydrogen (secondary N) is 2. The summed E-state index contributed by atoms with van der Waals surface area (Å²) in [4.78, 5) is 45.6. The quantitative estimate of drug-likeness (QED) is 0.456. The number of nitro groups is 1. The maximum Gasteiger partial charge on any atom is 0.338 e. The van der Waals surface area contributed by atoms with Crippen molar-refractivity contribution in [1.29, 1.82) is 0 Å². The molecule has 0 fully saturated rings. The summed E-state index contributed by atoms with van der Waals surface area (Å²) in [5, 5.41) is 11.2. The molecule has 0 aliphatic carbocycles. The molecular weight excluding hydrogens is 378 g/mol. The number of nitro benzene ring substituents is 1. The highest BCUT2D eigenvalue weighted by molar-refractivity contribution is 6.30. The monoisotopic (exact) mass is 391 g/mol. The van der Waals surface area contributed by atoms with Crippen molar-refractivity contribution in [3.05, 3.63) is 74.3 Å². The first-order valence-electron chi connectivity index (χ1n) is 7.55. The maximum atomic E-state index is 11.9. The van der Waals surface area contributed by atoms with E-state index in [4.69, 9.17) is 16.3 Å². The molecule has 0 atom stereocenters. The number of hydrogen-bond donors (Lipinski definition) is 2. The van der Waals surface area contributed by atoms with Gasteiger partial charge in [-0.3, -0.25) is 30.6 Å². The summed E-state index contributed by atoms with van der Waals surface area (Å²) in [7, 11) is 0. The standard InChI is InChI=1S/C17H14ClN3O6/c1-10-8-12(4-7-14(10)21(25)26)17(24)27-9-15(22)19-20-16(23)11-2-5-13(18)6-3-11/h2-8H,9H2,1H3,(H,19,22)(H,20,23). The van der Waals surface area contributed by atoms with Crippen LogP contribution in [0.5, 0.6) is 0 Å². The van der Waals surface area contributed by atoms with Crippen molar-refractivity contribution in [3.63, 3.8) is 0 Å². The molecule has 140 valence electrons. The second kappa shape index (κ2) is 8.77. The normalized spacial score (nSPS) is 10.0. The van der Waals surface area contributed by atoms with Crippen LogP contribution in [0.3, 0.4) is 0 Å². The van der Waals surface area contributed by atoms with Crippen LogP contribution in [-0.4, -0.2) is 29.3 Å². The van der Waals surface area contributed by atoms with E-state index >= 15 is 0 Å². The first-order chi connectivity index (χ1) is 12.8. The molecule has 0 bridgehead atoms. The molecule has 0 saturated carbocycles. The van der Waals surface area contributed by atoms with E-state index < -0.39 is 29.3 Å². The minimum Gasteiger partial charge on any atom is -0.452 e. The van der Waals surface area contributed by atoms with Gasteiger partial charge in [-0.25, -0.2) is 4.79 Å². The SMILES string of the molecule is Cc1cc(C(=O)OCC(=O)NNC(=O)c2ccc(Cl)cc2)ccc1[N+](=O)[O-]. The number of hydrazine groups is 1. The molecule has 2 amide bonds. The maximum absolute atomic E-state index is 11.9. The van der Waals surface area contributed by atoms with Gasteiger partial charge in [-0.05, 0) is 43.3 Å². The Morgan fingerprint density at radius 1 is 1.07 bits per heavy atom. The molecular formula is C17H14ClN3O6. The average molecular weight is 392 g/mol. The summed E-state index contributed by atoms with van der Waals surface area (Å²) in [6.07, 6.45) is 0. The molecule has 9 nitrogen and oxygen atoms in total. The molecule has 27 heavy (non-hydrogen) atoms. The highest BCUT2D eigenvalue weighted by Gasteiger charge is 2.16. The van der Waals surface area contributed by atoms with E-state index in [0.717, 1.165) is 0 Å². The fourth-order valence-electron chi connectivity index (χ4n) is 2.04. The molecule has 10 heteroatoms. The van der Waals surface area contributed by atoms with E-state index in [-0.39, 0.29) is 22.4 Å². The Morgan fingerprint density at radius 2 is 1.70 bits per heavy atom. The number of nitrogens with zero attached hydrogens (tertiary/aromatic N) is 1. The second-order valence-corrected chi connectivity index (χ2v) is 5.78. The van der Waals surface area contributed by atoms with Gasteiger partial charge in [0.25, 0.3) is 17.5 Å². The Morgan fingerprint density at radius 3 is 2.30 bits per heavy atom. The first kappa shape index (κ1) is 19.9. The van der Waals surface area contributed by atoms with Gasteiger partial charge in [-0.15, -0.1) is 0 Å². The van der Waals surface area contributed by atoms with Crippen molar-refractivity contribution in [2.75, 3.05) is 6.61 Å². The number of rotatable bonds is 5. The lowest BCUT2D eigenvalue weighted by atomic mass is 10.1. The molecule has 0 aliphatic heterocycles. The molecule has 0 unspecified atom stereocenters. The lowest BCUT2D eigenvalue weighted by Crippen LogP contribution is -2.43. The Balaban J connectivity index is 1.83. The molecule has 0 aliphatic rings. The van der Waals surface area contributed by atoms with E-state index in [9.17, 15) is 24.5 Å². The van der Waals surface area contributed by atoms with Gasteiger partial charge in [-0.1, -0.05) is 11.6 Å². The molecule has 0 heterocycles. The molecule has 0 radical (unpaired) electrons. The van der Waals surface area contributed by atoms with E-state index in [1.807, 2.05) is 0 Å². The number of halogens is 1. The van der Waals surface area contributed by atoms with E-state index in [2.05, 4.69) is 10.9 Å². The number of hydrogen-bond acceptors (Lipinski definition) is 6. The van der Waals surface area contributed by atoms with Gasteiger partial charge in [0.05, 0.1) is 10.5 Å². The van der Waals surface area contributed by atoms with Crippen molar-refractivity contribution in [2.45, 2.75) is 6.92 Å². The zero-order valence-electron chi connectivity index (χ0n) is 14.0. The molecule has 2 N–H and O–H groups in total. The Hall–Kier alpha value is -3.46. The Labute approximate surface area is 158 Å². The minimum atomic E-state index is -0.827. The lowest BCUT2D eigenvalue weighted by Gasteiger charge is -2.08. The van der Waals surface area contributed by atoms with E-state index in [1.165, 1.54) is 49.4 Å². The van der Waals surface area contributed by atoms with Crippen LogP contribution in [-0.2, 0) is 9.53 Å². The molecule has 0 aromatic heterocycles. The van der Waals surface area contributed by atoms with Crippen LogP contribution in [0.1, 0.15) is 26.3 Å². The van der Waals surface area contributed by atoms with Gasteiger partial charge in [0.1, 0.15) is 0 Å².